The maximum atomic E-state index is 11.9. The predicted octanol–water partition coefficient (Wildman–Crippen LogP) is 3.62. The minimum Gasteiger partial charge on any atom is -0.507 e. The summed E-state index contributed by atoms with van der Waals surface area (Å²) in [5, 5.41) is 15.9. The van der Waals surface area contributed by atoms with Crippen LogP contribution in [0, 0.1) is 6.92 Å². The van der Waals surface area contributed by atoms with E-state index in [0.29, 0.717) is 0 Å². The van der Waals surface area contributed by atoms with Gasteiger partial charge in [0, 0.05) is 0 Å². The molecule has 0 fully saturated rings. The highest BCUT2D eigenvalue weighted by atomic mass is 16.3. The van der Waals surface area contributed by atoms with Gasteiger partial charge < -0.3 is 5.11 Å². The molecule has 3 aromatic rings. The van der Waals surface area contributed by atoms with Crippen molar-refractivity contribution in [2.24, 2.45) is 5.10 Å². The Labute approximate surface area is 134 Å². The summed E-state index contributed by atoms with van der Waals surface area (Å²) in [7, 11) is 0. The monoisotopic (exact) mass is 304 g/mol. The molecule has 0 saturated carbocycles. The Kier molecular flexibility index (Phi) is 4.06. The van der Waals surface area contributed by atoms with E-state index >= 15 is 0 Å². The molecule has 0 aliphatic heterocycles. The molecule has 4 nitrogen and oxygen atoms in total. The molecule has 0 radical (unpaired) electrons. The third-order valence-corrected chi connectivity index (χ3v) is 3.55. The number of nitrogens with one attached hydrogen (secondary N) is 1. The average Bonchev–Trinajstić information content (AvgIpc) is 2.55. The van der Waals surface area contributed by atoms with Crippen molar-refractivity contribution in [3.05, 3.63) is 77.4 Å². The molecule has 0 heterocycles. The summed E-state index contributed by atoms with van der Waals surface area (Å²) in [5.41, 5.74) is 4.71. The first kappa shape index (κ1) is 14.8. The van der Waals surface area contributed by atoms with Crippen LogP contribution in [0.2, 0.25) is 0 Å². The lowest BCUT2D eigenvalue weighted by Crippen LogP contribution is -2.17. The van der Waals surface area contributed by atoms with E-state index in [0.717, 1.165) is 10.9 Å². The van der Waals surface area contributed by atoms with E-state index in [-0.39, 0.29) is 11.3 Å². The standard InChI is InChI=1S/C19H16N2O2/c1-13-6-8-16-11-14(7-9-15(16)10-13)12-20-21-19(23)17-4-2-3-5-18(17)22/h2-12,22H,1H3,(H,21,23)/b20-12+. The quantitative estimate of drug-likeness (QED) is 0.573. The summed E-state index contributed by atoms with van der Waals surface area (Å²) in [6.45, 7) is 2.06. The second-order valence-corrected chi connectivity index (χ2v) is 5.33. The molecule has 0 aliphatic carbocycles. The van der Waals surface area contributed by atoms with Crippen LogP contribution in [0.5, 0.6) is 5.75 Å². The Hall–Kier alpha value is -3.14. The van der Waals surface area contributed by atoms with Gasteiger partial charge in [0.15, 0.2) is 0 Å². The van der Waals surface area contributed by atoms with E-state index in [9.17, 15) is 9.90 Å². The van der Waals surface area contributed by atoms with E-state index < -0.39 is 5.91 Å². The van der Waals surface area contributed by atoms with Crippen molar-refractivity contribution in [3.8, 4) is 5.75 Å². The van der Waals surface area contributed by atoms with Crippen LogP contribution in [0.25, 0.3) is 10.8 Å². The summed E-state index contributed by atoms with van der Waals surface area (Å²) in [6.07, 6.45) is 1.58. The van der Waals surface area contributed by atoms with Crippen LogP contribution in [0.1, 0.15) is 21.5 Å². The number of carbonyl (C=O) groups is 1. The fourth-order valence-electron chi connectivity index (χ4n) is 2.36. The molecule has 0 bridgehead atoms. The first-order chi connectivity index (χ1) is 11.1. The highest BCUT2D eigenvalue weighted by Gasteiger charge is 2.08. The maximum Gasteiger partial charge on any atom is 0.275 e. The molecule has 1 amide bonds. The second-order valence-electron chi connectivity index (χ2n) is 5.33. The van der Waals surface area contributed by atoms with Crippen LogP contribution < -0.4 is 5.43 Å². The molecular weight excluding hydrogens is 288 g/mol. The van der Waals surface area contributed by atoms with Crippen molar-refractivity contribution in [1.29, 1.82) is 0 Å². The van der Waals surface area contributed by atoms with E-state index in [1.165, 1.54) is 17.0 Å². The number of amides is 1. The first-order valence-electron chi connectivity index (χ1n) is 7.25. The fraction of sp³-hybridized carbons (Fsp3) is 0.0526. The molecule has 0 spiro atoms. The van der Waals surface area contributed by atoms with E-state index in [2.05, 4.69) is 35.7 Å². The van der Waals surface area contributed by atoms with Crippen molar-refractivity contribution in [3.63, 3.8) is 0 Å². The molecule has 0 aromatic heterocycles. The number of nitrogens with zero attached hydrogens (tertiary/aromatic N) is 1. The largest absolute Gasteiger partial charge is 0.507 e. The SMILES string of the molecule is Cc1ccc2cc(/C=N/NC(=O)c3ccccc3O)ccc2c1. The molecule has 114 valence electrons. The Morgan fingerprint density at radius 2 is 1.78 bits per heavy atom. The zero-order valence-corrected chi connectivity index (χ0v) is 12.7. The van der Waals surface area contributed by atoms with Crippen LogP contribution in [0.15, 0.2) is 65.8 Å². The van der Waals surface area contributed by atoms with Gasteiger partial charge in [0.25, 0.3) is 5.91 Å². The maximum absolute atomic E-state index is 11.9. The van der Waals surface area contributed by atoms with Crippen molar-refractivity contribution in [2.75, 3.05) is 0 Å². The van der Waals surface area contributed by atoms with Gasteiger partial charge in [-0.2, -0.15) is 5.10 Å². The number of benzene rings is 3. The number of carbonyl (C=O) groups excluding carboxylic acids is 1. The zero-order chi connectivity index (χ0) is 16.2. The Balaban J connectivity index is 1.74. The van der Waals surface area contributed by atoms with Crippen LogP contribution in [-0.2, 0) is 0 Å². The summed E-state index contributed by atoms with van der Waals surface area (Å²) < 4.78 is 0. The van der Waals surface area contributed by atoms with Gasteiger partial charge in [0.2, 0.25) is 0 Å². The van der Waals surface area contributed by atoms with Gasteiger partial charge in [-0.05, 0) is 41.5 Å². The molecular formula is C19H16N2O2. The minimum absolute atomic E-state index is 0.0683. The number of rotatable bonds is 3. The predicted molar refractivity (Wildman–Crippen MR) is 91.9 cm³/mol. The number of para-hydroxylation sites is 1. The van der Waals surface area contributed by atoms with E-state index in [4.69, 9.17) is 0 Å². The fourth-order valence-corrected chi connectivity index (χ4v) is 2.36. The normalized spacial score (nSPS) is 11.0. The number of hydrogen-bond acceptors (Lipinski definition) is 3. The number of hydrazone groups is 1. The van der Waals surface area contributed by atoms with Crippen LogP contribution in [0.4, 0.5) is 0 Å². The zero-order valence-electron chi connectivity index (χ0n) is 12.7. The molecule has 4 heteroatoms. The number of phenolic OH excluding ortho intramolecular Hbond substituents is 1. The molecule has 0 atom stereocenters. The Morgan fingerprint density at radius 1 is 1.04 bits per heavy atom. The number of aryl methyl sites for hydroxylation is 1. The smallest absolute Gasteiger partial charge is 0.275 e. The third kappa shape index (κ3) is 3.37. The third-order valence-electron chi connectivity index (χ3n) is 3.55. The molecule has 3 rings (SSSR count). The summed E-state index contributed by atoms with van der Waals surface area (Å²) >= 11 is 0. The van der Waals surface area contributed by atoms with Gasteiger partial charge in [-0.15, -0.1) is 0 Å². The van der Waals surface area contributed by atoms with E-state index in [1.807, 2.05) is 18.2 Å². The highest BCUT2D eigenvalue weighted by Crippen LogP contribution is 2.17. The van der Waals surface area contributed by atoms with Crippen molar-refractivity contribution in [2.45, 2.75) is 6.92 Å². The number of aromatic hydroxyl groups is 1. The lowest BCUT2D eigenvalue weighted by atomic mass is 10.1. The van der Waals surface area contributed by atoms with Gasteiger partial charge in [-0.1, -0.05) is 48.0 Å². The van der Waals surface area contributed by atoms with Crippen LogP contribution >= 0.6 is 0 Å². The van der Waals surface area contributed by atoms with Gasteiger partial charge in [0.05, 0.1) is 11.8 Å². The van der Waals surface area contributed by atoms with Crippen LogP contribution in [-0.4, -0.2) is 17.2 Å². The molecule has 0 unspecified atom stereocenters. The Bertz CT molecular complexity index is 901. The molecule has 2 N–H and O–H groups in total. The van der Waals surface area contributed by atoms with Gasteiger partial charge in [0.1, 0.15) is 5.75 Å². The van der Waals surface area contributed by atoms with Gasteiger partial charge in [-0.3, -0.25) is 4.79 Å². The van der Waals surface area contributed by atoms with Gasteiger partial charge in [-0.25, -0.2) is 5.43 Å². The summed E-state index contributed by atoms with van der Waals surface area (Å²) in [6, 6.07) is 18.6. The summed E-state index contributed by atoms with van der Waals surface area (Å²) in [4.78, 5) is 11.9. The average molecular weight is 304 g/mol. The molecule has 0 aliphatic rings. The number of hydrogen-bond donors (Lipinski definition) is 2. The van der Waals surface area contributed by atoms with Gasteiger partial charge >= 0.3 is 0 Å². The van der Waals surface area contributed by atoms with Crippen LogP contribution in [0.3, 0.4) is 0 Å². The number of fused-ring (bicyclic) bond motifs is 1. The first-order valence-corrected chi connectivity index (χ1v) is 7.25. The molecule has 3 aromatic carbocycles. The van der Waals surface area contributed by atoms with E-state index in [1.54, 1.807) is 24.4 Å². The van der Waals surface area contributed by atoms with Crippen molar-refractivity contribution < 1.29 is 9.90 Å². The molecule has 0 saturated heterocycles. The number of phenols is 1. The van der Waals surface area contributed by atoms with Crippen molar-refractivity contribution >= 4 is 22.9 Å². The molecule has 23 heavy (non-hydrogen) atoms. The highest BCUT2D eigenvalue weighted by molar-refractivity contribution is 5.97. The minimum atomic E-state index is -0.448. The Morgan fingerprint density at radius 3 is 2.61 bits per heavy atom. The lowest BCUT2D eigenvalue weighted by molar-refractivity contribution is 0.0952. The summed E-state index contributed by atoms with van der Waals surface area (Å²) in [5.74, 6) is -0.517. The second kappa shape index (κ2) is 6.32. The topological polar surface area (TPSA) is 61.7 Å². The lowest BCUT2D eigenvalue weighted by Gasteiger charge is -2.03. The van der Waals surface area contributed by atoms with Crippen molar-refractivity contribution in [1.82, 2.24) is 5.43 Å².